The summed E-state index contributed by atoms with van der Waals surface area (Å²) < 4.78 is 0. The molecule has 0 aromatic carbocycles. The Hall–Kier alpha value is -0.570. The fourth-order valence-corrected chi connectivity index (χ4v) is 1.89. The molecule has 1 unspecified atom stereocenters. The third kappa shape index (κ3) is 5.17. The molecule has 2 atom stereocenters. The molecule has 0 saturated carbocycles. The maximum Gasteiger partial charge on any atom is 0.237 e. The minimum absolute atomic E-state index is 0.00347. The molecular formula is C12H26N2O. The molecule has 3 heteroatoms. The second-order valence-electron chi connectivity index (χ2n) is 4.27. The van der Waals surface area contributed by atoms with Crippen molar-refractivity contribution >= 4 is 5.91 Å². The fraction of sp³-hybridized carbons (Fsp3) is 0.917. The van der Waals surface area contributed by atoms with E-state index in [1.54, 1.807) is 0 Å². The predicted octanol–water partition coefficient (Wildman–Crippen LogP) is 2.05. The molecule has 0 aromatic rings. The van der Waals surface area contributed by atoms with Crippen LogP contribution in [0.1, 0.15) is 53.4 Å². The Labute approximate surface area is 93.8 Å². The normalized spacial score (nSPS) is 15.1. The molecule has 0 radical (unpaired) electrons. The molecule has 0 rings (SSSR count). The molecule has 15 heavy (non-hydrogen) atoms. The molecule has 0 aromatic heterocycles. The molecule has 3 nitrogen and oxygen atoms in total. The number of carbonyl (C=O) groups is 1. The predicted molar refractivity (Wildman–Crippen MR) is 64.6 cm³/mol. The lowest BCUT2D eigenvalue weighted by atomic mass is 9.95. The van der Waals surface area contributed by atoms with E-state index in [0.717, 1.165) is 25.7 Å². The molecule has 0 aliphatic heterocycles. The van der Waals surface area contributed by atoms with Crippen LogP contribution in [0.2, 0.25) is 0 Å². The van der Waals surface area contributed by atoms with Crippen LogP contribution in [0.4, 0.5) is 0 Å². The molecule has 0 fully saturated rings. The largest absolute Gasteiger partial charge is 0.352 e. The summed E-state index contributed by atoms with van der Waals surface area (Å²) in [5.41, 5.74) is 5.75. The second kappa shape index (κ2) is 7.69. The third-order valence-corrected chi connectivity index (χ3v) is 3.06. The van der Waals surface area contributed by atoms with Crippen LogP contribution in [0.5, 0.6) is 0 Å². The summed E-state index contributed by atoms with van der Waals surface area (Å²) in [5.74, 6) is 0.555. The SMILES string of the molecule is CCC[C@@H](N)C(=O)NC(C)C(CC)CC. The average molecular weight is 214 g/mol. The van der Waals surface area contributed by atoms with Gasteiger partial charge in [-0.15, -0.1) is 0 Å². The van der Waals surface area contributed by atoms with Crippen molar-refractivity contribution in [2.75, 3.05) is 0 Å². The average Bonchev–Trinajstić information content (AvgIpc) is 2.19. The molecule has 0 aliphatic rings. The lowest BCUT2D eigenvalue weighted by Gasteiger charge is -2.24. The van der Waals surface area contributed by atoms with Crippen LogP contribution >= 0.6 is 0 Å². The third-order valence-electron chi connectivity index (χ3n) is 3.06. The highest BCUT2D eigenvalue weighted by Gasteiger charge is 2.19. The summed E-state index contributed by atoms with van der Waals surface area (Å²) >= 11 is 0. The van der Waals surface area contributed by atoms with Gasteiger partial charge in [-0.05, 0) is 19.3 Å². The first kappa shape index (κ1) is 14.4. The Morgan fingerprint density at radius 1 is 1.27 bits per heavy atom. The van der Waals surface area contributed by atoms with Gasteiger partial charge in [0.2, 0.25) is 5.91 Å². The zero-order valence-corrected chi connectivity index (χ0v) is 10.5. The van der Waals surface area contributed by atoms with Crippen LogP contribution in [0, 0.1) is 5.92 Å². The minimum Gasteiger partial charge on any atom is -0.352 e. The number of hydrogen-bond acceptors (Lipinski definition) is 2. The van der Waals surface area contributed by atoms with E-state index in [9.17, 15) is 4.79 Å². The molecule has 0 spiro atoms. The quantitative estimate of drug-likeness (QED) is 0.681. The molecule has 3 N–H and O–H groups in total. The minimum atomic E-state index is -0.341. The monoisotopic (exact) mass is 214 g/mol. The molecule has 0 heterocycles. The van der Waals surface area contributed by atoms with Gasteiger partial charge in [0.25, 0.3) is 0 Å². The van der Waals surface area contributed by atoms with Gasteiger partial charge in [0.05, 0.1) is 6.04 Å². The first-order valence-electron chi connectivity index (χ1n) is 6.12. The van der Waals surface area contributed by atoms with Crippen LogP contribution < -0.4 is 11.1 Å². The maximum atomic E-state index is 11.6. The van der Waals surface area contributed by atoms with E-state index < -0.39 is 0 Å². The van der Waals surface area contributed by atoms with Crippen LogP contribution in [0.3, 0.4) is 0 Å². The number of hydrogen-bond donors (Lipinski definition) is 2. The Bertz CT molecular complexity index is 178. The summed E-state index contributed by atoms with van der Waals surface area (Å²) in [7, 11) is 0. The van der Waals surface area contributed by atoms with Gasteiger partial charge in [-0.3, -0.25) is 4.79 Å². The van der Waals surface area contributed by atoms with Gasteiger partial charge < -0.3 is 11.1 Å². The number of carbonyl (C=O) groups excluding carboxylic acids is 1. The summed E-state index contributed by atoms with van der Waals surface area (Å²) in [4.78, 5) is 11.6. The van der Waals surface area contributed by atoms with E-state index in [-0.39, 0.29) is 18.0 Å². The second-order valence-corrected chi connectivity index (χ2v) is 4.27. The lowest BCUT2D eigenvalue weighted by Crippen LogP contribution is -2.46. The Morgan fingerprint density at radius 2 is 1.80 bits per heavy atom. The van der Waals surface area contributed by atoms with E-state index >= 15 is 0 Å². The molecule has 0 aliphatic carbocycles. The lowest BCUT2D eigenvalue weighted by molar-refractivity contribution is -0.123. The smallest absolute Gasteiger partial charge is 0.237 e. The van der Waals surface area contributed by atoms with Crippen molar-refractivity contribution < 1.29 is 4.79 Å². The van der Waals surface area contributed by atoms with Crippen molar-refractivity contribution in [3.05, 3.63) is 0 Å². The van der Waals surface area contributed by atoms with Gasteiger partial charge in [-0.2, -0.15) is 0 Å². The summed E-state index contributed by atoms with van der Waals surface area (Å²) in [6.45, 7) is 8.41. The highest BCUT2D eigenvalue weighted by molar-refractivity contribution is 5.81. The molecule has 0 saturated heterocycles. The zero-order chi connectivity index (χ0) is 11.8. The first-order valence-corrected chi connectivity index (χ1v) is 6.12. The Balaban J connectivity index is 4.04. The summed E-state index contributed by atoms with van der Waals surface area (Å²) in [5, 5.41) is 3.00. The van der Waals surface area contributed by atoms with E-state index in [0.29, 0.717) is 5.92 Å². The number of nitrogens with one attached hydrogen (secondary N) is 1. The van der Waals surface area contributed by atoms with Gasteiger partial charge in [-0.25, -0.2) is 0 Å². The fourth-order valence-electron chi connectivity index (χ4n) is 1.89. The van der Waals surface area contributed by atoms with E-state index in [1.165, 1.54) is 0 Å². The summed E-state index contributed by atoms with van der Waals surface area (Å²) in [6.07, 6.45) is 3.91. The van der Waals surface area contributed by atoms with Gasteiger partial charge in [0, 0.05) is 6.04 Å². The van der Waals surface area contributed by atoms with Gasteiger partial charge >= 0.3 is 0 Å². The van der Waals surface area contributed by atoms with E-state index in [1.807, 2.05) is 6.92 Å². The Kier molecular flexibility index (Phi) is 7.39. The highest BCUT2D eigenvalue weighted by Crippen LogP contribution is 2.12. The maximum absolute atomic E-state index is 11.6. The van der Waals surface area contributed by atoms with Gasteiger partial charge in [-0.1, -0.05) is 40.0 Å². The number of amides is 1. The Morgan fingerprint density at radius 3 is 2.20 bits per heavy atom. The van der Waals surface area contributed by atoms with Crippen molar-refractivity contribution in [3.63, 3.8) is 0 Å². The topological polar surface area (TPSA) is 55.1 Å². The van der Waals surface area contributed by atoms with Gasteiger partial charge in [0.1, 0.15) is 0 Å². The standard InChI is InChI=1S/C12H26N2O/c1-5-8-11(13)12(15)14-9(4)10(6-2)7-3/h9-11H,5-8,13H2,1-4H3,(H,14,15)/t9?,11-/m1/s1. The van der Waals surface area contributed by atoms with Crippen LogP contribution in [0.25, 0.3) is 0 Å². The van der Waals surface area contributed by atoms with Crippen LogP contribution in [0.15, 0.2) is 0 Å². The molecular weight excluding hydrogens is 188 g/mol. The van der Waals surface area contributed by atoms with E-state index in [4.69, 9.17) is 5.73 Å². The number of nitrogens with two attached hydrogens (primary N) is 1. The molecule has 1 amide bonds. The van der Waals surface area contributed by atoms with Crippen molar-refractivity contribution in [3.8, 4) is 0 Å². The molecule has 0 bridgehead atoms. The van der Waals surface area contributed by atoms with Crippen LogP contribution in [-0.4, -0.2) is 18.0 Å². The van der Waals surface area contributed by atoms with Crippen molar-refractivity contribution in [1.82, 2.24) is 5.32 Å². The van der Waals surface area contributed by atoms with Gasteiger partial charge in [0.15, 0.2) is 0 Å². The van der Waals surface area contributed by atoms with Crippen LogP contribution in [-0.2, 0) is 4.79 Å². The zero-order valence-electron chi connectivity index (χ0n) is 10.5. The first-order chi connectivity index (χ1) is 7.06. The van der Waals surface area contributed by atoms with Crippen molar-refractivity contribution in [2.24, 2.45) is 11.7 Å². The number of rotatable bonds is 7. The molecule has 90 valence electrons. The van der Waals surface area contributed by atoms with Crippen molar-refractivity contribution in [1.29, 1.82) is 0 Å². The van der Waals surface area contributed by atoms with E-state index in [2.05, 4.69) is 26.1 Å². The summed E-state index contributed by atoms with van der Waals surface area (Å²) in [6, 6.07) is -0.109. The highest BCUT2D eigenvalue weighted by atomic mass is 16.2. The van der Waals surface area contributed by atoms with Crippen molar-refractivity contribution in [2.45, 2.75) is 65.5 Å².